The highest BCUT2D eigenvalue weighted by molar-refractivity contribution is 5.80. The molecule has 5 nitrogen and oxygen atoms in total. The maximum atomic E-state index is 6.45. The molecule has 1 atom stereocenters. The lowest BCUT2D eigenvalue weighted by Crippen LogP contribution is -2.52. The summed E-state index contributed by atoms with van der Waals surface area (Å²) < 4.78 is 11.8. The first-order valence-corrected chi connectivity index (χ1v) is 9.44. The molecule has 136 valence electrons. The van der Waals surface area contributed by atoms with Crippen molar-refractivity contribution < 1.29 is 9.47 Å². The Labute approximate surface area is 150 Å². The van der Waals surface area contributed by atoms with Gasteiger partial charge in [0.05, 0.1) is 19.3 Å². The van der Waals surface area contributed by atoms with Gasteiger partial charge in [-0.2, -0.15) is 0 Å². The van der Waals surface area contributed by atoms with Gasteiger partial charge in [-0.15, -0.1) is 0 Å². The second-order valence-electron chi connectivity index (χ2n) is 8.16. The normalized spacial score (nSPS) is 26.5. The van der Waals surface area contributed by atoms with Crippen molar-refractivity contribution >= 4 is 5.96 Å². The van der Waals surface area contributed by atoms with Crippen LogP contribution in [0.15, 0.2) is 29.3 Å². The van der Waals surface area contributed by atoms with Gasteiger partial charge in [0, 0.05) is 31.0 Å². The van der Waals surface area contributed by atoms with Crippen molar-refractivity contribution in [1.29, 1.82) is 0 Å². The highest BCUT2D eigenvalue weighted by Crippen LogP contribution is 2.46. The first-order valence-electron chi connectivity index (χ1n) is 9.44. The molecule has 1 aliphatic carbocycles. The molecule has 3 aliphatic rings. The maximum Gasteiger partial charge on any atom is 0.191 e. The van der Waals surface area contributed by atoms with Crippen LogP contribution in [0, 0.1) is 5.41 Å². The second kappa shape index (κ2) is 6.52. The monoisotopic (exact) mass is 343 g/mol. The summed E-state index contributed by atoms with van der Waals surface area (Å²) in [6.45, 7) is 4.76. The quantitative estimate of drug-likeness (QED) is 0.654. The molecule has 0 bridgehead atoms. The molecule has 1 saturated heterocycles. The zero-order valence-electron chi connectivity index (χ0n) is 15.3. The number of ether oxygens (including phenoxy) is 2. The van der Waals surface area contributed by atoms with Gasteiger partial charge in [0.15, 0.2) is 5.96 Å². The molecule has 1 aromatic rings. The summed E-state index contributed by atoms with van der Waals surface area (Å²) in [5.74, 6) is 1.89. The van der Waals surface area contributed by atoms with Gasteiger partial charge in [-0.3, -0.25) is 4.99 Å². The fourth-order valence-electron chi connectivity index (χ4n) is 4.28. The molecule has 1 spiro atoms. The van der Waals surface area contributed by atoms with Gasteiger partial charge in [-0.25, -0.2) is 0 Å². The standard InChI is InChI=1S/C20H29N3O2/c1-19(13-24-14-19)12-22-18(21-2)23-16-11-20(9-5-6-10-20)25-17-8-4-3-7-15(16)17/h3-4,7-8,16H,5-6,9-14H2,1-2H3,(H2,21,22,23). The van der Waals surface area contributed by atoms with Crippen molar-refractivity contribution in [3.05, 3.63) is 29.8 Å². The predicted molar refractivity (Wildman–Crippen MR) is 99.1 cm³/mol. The molecule has 0 amide bonds. The Morgan fingerprint density at radius 2 is 2.00 bits per heavy atom. The number of para-hydroxylation sites is 1. The fourth-order valence-corrected chi connectivity index (χ4v) is 4.28. The Morgan fingerprint density at radius 1 is 1.24 bits per heavy atom. The largest absolute Gasteiger partial charge is 0.487 e. The van der Waals surface area contributed by atoms with Gasteiger partial charge in [-0.1, -0.05) is 25.1 Å². The van der Waals surface area contributed by atoms with Crippen LogP contribution in [0.3, 0.4) is 0 Å². The zero-order valence-corrected chi connectivity index (χ0v) is 15.3. The molecular formula is C20H29N3O2. The summed E-state index contributed by atoms with van der Waals surface area (Å²) in [6, 6.07) is 8.66. The highest BCUT2D eigenvalue weighted by Gasteiger charge is 2.43. The molecule has 2 heterocycles. The van der Waals surface area contributed by atoms with Crippen LogP contribution in [0.1, 0.15) is 50.6 Å². The summed E-state index contributed by atoms with van der Waals surface area (Å²) >= 11 is 0. The van der Waals surface area contributed by atoms with E-state index < -0.39 is 0 Å². The van der Waals surface area contributed by atoms with E-state index in [4.69, 9.17) is 9.47 Å². The van der Waals surface area contributed by atoms with Crippen molar-refractivity contribution in [3.63, 3.8) is 0 Å². The third-order valence-corrected chi connectivity index (χ3v) is 5.83. The number of benzene rings is 1. The molecule has 1 aromatic carbocycles. The zero-order chi connectivity index (χ0) is 17.3. The van der Waals surface area contributed by atoms with Crippen molar-refractivity contribution in [2.45, 2.75) is 50.7 Å². The van der Waals surface area contributed by atoms with Crippen molar-refractivity contribution in [2.24, 2.45) is 10.4 Å². The van der Waals surface area contributed by atoms with Crippen LogP contribution in [0.2, 0.25) is 0 Å². The van der Waals surface area contributed by atoms with Gasteiger partial charge in [-0.05, 0) is 31.7 Å². The minimum Gasteiger partial charge on any atom is -0.487 e. The Balaban J connectivity index is 1.49. The molecule has 25 heavy (non-hydrogen) atoms. The number of guanidine groups is 1. The molecule has 0 radical (unpaired) electrons. The van der Waals surface area contributed by atoms with Crippen LogP contribution in [0.4, 0.5) is 0 Å². The van der Waals surface area contributed by atoms with Gasteiger partial charge < -0.3 is 20.1 Å². The molecule has 0 aromatic heterocycles. The number of aliphatic imine (C=N–C) groups is 1. The second-order valence-corrected chi connectivity index (χ2v) is 8.16. The third-order valence-electron chi connectivity index (χ3n) is 5.83. The Morgan fingerprint density at radius 3 is 2.68 bits per heavy atom. The third kappa shape index (κ3) is 3.34. The minimum absolute atomic E-state index is 0.00133. The summed E-state index contributed by atoms with van der Waals surface area (Å²) in [5, 5.41) is 7.14. The molecule has 5 heteroatoms. The fraction of sp³-hybridized carbons (Fsp3) is 0.650. The van der Waals surface area contributed by atoms with Crippen LogP contribution < -0.4 is 15.4 Å². The van der Waals surface area contributed by atoms with Crippen molar-refractivity contribution in [2.75, 3.05) is 26.8 Å². The average Bonchev–Trinajstić information content (AvgIpc) is 3.04. The molecule has 2 N–H and O–H groups in total. The SMILES string of the molecule is CN=C(NCC1(C)COC1)NC1CC2(CCCC2)Oc2ccccc21. The average molecular weight is 343 g/mol. The Kier molecular flexibility index (Phi) is 4.36. The summed E-state index contributed by atoms with van der Waals surface area (Å²) in [5.41, 5.74) is 1.46. The van der Waals surface area contributed by atoms with E-state index in [9.17, 15) is 0 Å². The minimum atomic E-state index is -0.00133. The summed E-state index contributed by atoms with van der Waals surface area (Å²) in [7, 11) is 1.84. The summed E-state index contributed by atoms with van der Waals surface area (Å²) in [6.07, 6.45) is 5.84. The summed E-state index contributed by atoms with van der Waals surface area (Å²) in [4.78, 5) is 4.44. The highest BCUT2D eigenvalue weighted by atomic mass is 16.5. The van der Waals surface area contributed by atoms with Crippen molar-refractivity contribution in [1.82, 2.24) is 10.6 Å². The van der Waals surface area contributed by atoms with E-state index in [1.165, 1.54) is 18.4 Å². The lowest BCUT2D eigenvalue weighted by Gasteiger charge is -2.41. The van der Waals surface area contributed by atoms with Crippen molar-refractivity contribution in [3.8, 4) is 5.75 Å². The molecular weight excluding hydrogens is 314 g/mol. The molecule has 2 aliphatic heterocycles. The number of hydrogen-bond donors (Lipinski definition) is 2. The van der Waals surface area contributed by atoms with E-state index in [0.717, 1.165) is 50.7 Å². The molecule has 1 unspecified atom stereocenters. The van der Waals surface area contributed by atoms with Crippen LogP contribution in [0.25, 0.3) is 0 Å². The van der Waals surface area contributed by atoms with Gasteiger partial charge in [0.2, 0.25) is 0 Å². The number of nitrogens with zero attached hydrogens (tertiary/aromatic N) is 1. The topological polar surface area (TPSA) is 54.9 Å². The maximum absolute atomic E-state index is 6.45. The number of rotatable bonds is 3. The molecule has 1 saturated carbocycles. The molecule has 4 rings (SSSR count). The van der Waals surface area contributed by atoms with Gasteiger partial charge >= 0.3 is 0 Å². The number of fused-ring (bicyclic) bond motifs is 1. The van der Waals surface area contributed by atoms with E-state index in [-0.39, 0.29) is 17.1 Å². The molecule has 2 fully saturated rings. The van der Waals surface area contributed by atoms with Crippen LogP contribution in [-0.2, 0) is 4.74 Å². The van der Waals surface area contributed by atoms with E-state index in [2.05, 4.69) is 46.8 Å². The lowest BCUT2D eigenvalue weighted by molar-refractivity contribution is -0.0971. The first-order chi connectivity index (χ1) is 12.1. The van der Waals surface area contributed by atoms with E-state index in [0.29, 0.717) is 0 Å². The van der Waals surface area contributed by atoms with Crippen LogP contribution in [0.5, 0.6) is 5.75 Å². The Hall–Kier alpha value is -1.75. The van der Waals surface area contributed by atoms with E-state index in [1.54, 1.807) is 0 Å². The van der Waals surface area contributed by atoms with Gasteiger partial charge in [0.25, 0.3) is 0 Å². The number of hydrogen-bond acceptors (Lipinski definition) is 3. The first kappa shape index (κ1) is 16.7. The smallest absolute Gasteiger partial charge is 0.191 e. The predicted octanol–water partition coefficient (Wildman–Crippen LogP) is 3.02. The lowest BCUT2D eigenvalue weighted by atomic mass is 9.86. The number of nitrogens with one attached hydrogen (secondary N) is 2. The Bertz CT molecular complexity index is 648. The van der Waals surface area contributed by atoms with E-state index in [1.807, 2.05) is 7.05 Å². The van der Waals surface area contributed by atoms with Gasteiger partial charge in [0.1, 0.15) is 11.4 Å². The van der Waals surface area contributed by atoms with E-state index >= 15 is 0 Å². The van der Waals surface area contributed by atoms with Crippen LogP contribution in [-0.4, -0.2) is 38.4 Å². The van der Waals surface area contributed by atoms with Crippen LogP contribution >= 0.6 is 0 Å².